The molecule has 0 bridgehead atoms. The van der Waals surface area contributed by atoms with Gasteiger partial charge in [-0.3, -0.25) is 9.59 Å². The standard InChI is InChI=1S/C17H16N2O3/c1-2-19(12-7-4-3-5-8-12)17(21)13-9-6-10-14-16(13)18-15(20)11-22-14/h3-10H,2,11H2,1H3,(H,18,20). The molecule has 0 spiro atoms. The smallest absolute Gasteiger partial charge is 0.262 e. The van der Waals surface area contributed by atoms with Crippen LogP contribution < -0.4 is 15.0 Å². The predicted octanol–water partition coefficient (Wildman–Crippen LogP) is 2.68. The Hall–Kier alpha value is -2.82. The molecule has 2 aromatic rings. The zero-order valence-corrected chi connectivity index (χ0v) is 12.2. The fraction of sp³-hybridized carbons (Fsp3) is 0.176. The molecule has 1 N–H and O–H groups in total. The summed E-state index contributed by atoms with van der Waals surface area (Å²) in [6.07, 6.45) is 0. The molecule has 22 heavy (non-hydrogen) atoms. The van der Waals surface area contributed by atoms with Crippen molar-refractivity contribution < 1.29 is 14.3 Å². The van der Waals surface area contributed by atoms with Crippen LogP contribution in [0.1, 0.15) is 17.3 Å². The van der Waals surface area contributed by atoms with E-state index in [1.54, 1.807) is 23.1 Å². The van der Waals surface area contributed by atoms with Gasteiger partial charge in [0.2, 0.25) is 0 Å². The van der Waals surface area contributed by atoms with Crippen LogP contribution in [0.4, 0.5) is 11.4 Å². The van der Waals surface area contributed by atoms with Gasteiger partial charge in [0.1, 0.15) is 5.75 Å². The number of carbonyl (C=O) groups excluding carboxylic acids is 2. The number of nitrogens with zero attached hydrogens (tertiary/aromatic N) is 1. The molecule has 2 amide bonds. The lowest BCUT2D eigenvalue weighted by Crippen LogP contribution is -2.33. The van der Waals surface area contributed by atoms with Gasteiger partial charge in [0.15, 0.2) is 6.61 Å². The van der Waals surface area contributed by atoms with Crippen LogP contribution in [-0.4, -0.2) is 25.0 Å². The minimum Gasteiger partial charge on any atom is -0.482 e. The van der Waals surface area contributed by atoms with E-state index in [2.05, 4.69) is 5.32 Å². The van der Waals surface area contributed by atoms with Gasteiger partial charge in [-0.25, -0.2) is 0 Å². The fourth-order valence-electron chi connectivity index (χ4n) is 2.47. The summed E-state index contributed by atoms with van der Waals surface area (Å²) in [5.41, 5.74) is 1.69. The Labute approximate surface area is 128 Å². The van der Waals surface area contributed by atoms with Gasteiger partial charge in [-0.1, -0.05) is 24.3 Å². The number of anilines is 2. The second kappa shape index (κ2) is 5.89. The third-order valence-corrected chi connectivity index (χ3v) is 3.51. The minimum absolute atomic E-state index is 0.0270. The number of benzene rings is 2. The predicted molar refractivity (Wildman–Crippen MR) is 84.4 cm³/mol. The molecule has 0 aliphatic carbocycles. The molecule has 0 fully saturated rings. The molecule has 0 aromatic heterocycles. The molecule has 0 unspecified atom stereocenters. The maximum Gasteiger partial charge on any atom is 0.262 e. The molecule has 2 aromatic carbocycles. The summed E-state index contributed by atoms with van der Waals surface area (Å²) in [7, 11) is 0. The van der Waals surface area contributed by atoms with Crippen molar-refractivity contribution in [2.24, 2.45) is 0 Å². The van der Waals surface area contributed by atoms with E-state index in [1.165, 1.54) is 0 Å². The Balaban J connectivity index is 2.00. The van der Waals surface area contributed by atoms with Gasteiger partial charge in [-0.2, -0.15) is 0 Å². The highest BCUT2D eigenvalue weighted by molar-refractivity contribution is 6.13. The van der Waals surface area contributed by atoms with Gasteiger partial charge < -0.3 is 15.0 Å². The molecule has 1 aliphatic heterocycles. The Kier molecular flexibility index (Phi) is 3.78. The first-order valence-corrected chi connectivity index (χ1v) is 7.13. The summed E-state index contributed by atoms with van der Waals surface area (Å²) in [4.78, 5) is 26.1. The van der Waals surface area contributed by atoms with Crippen LogP contribution in [0.5, 0.6) is 5.75 Å². The number of fused-ring (bicyclic) bond motifs is 1. The molecule has 1 aliphatic rings. The van der Waals surface area contributed by atoms with Crippen LogP contribution in [0.2, 0.25) is 0 Å². The summed E-state index contributed by atoms with van der Waals surface area (Å²) < 4.78 is 5.36. The lowest BCUT2D eigenvalue weighted by molar-refractivity contribution is -0.118. The third-order valence-electron chi connectivity index (χ3n) is 3.51. The second-order valence-corrected chi connectivity index (χ2v) is 4.90. The SMILES string of the molecule is CCN(C(=O)c1cccc2c1NC(=O)CO2)c1ccccc1. The van der Waals surface area contributed by atoms with E-state index in [-0.39, 0.29) is 18.4 Å². The van der Waals surface area contributed by atoms with Crippen LogP contribution in [0.3, 0.4) is 0 Å². The van der Waals surface area contributed by atoms with Crippen LogP contribution in [0, 0.1) is 0 Å². The number of nitrogens with one attached hydrogen (secondary N) is 1. The molecular weight excluding hydrogens is 280 g/mol. The Bertz CT molecular complexity index is 713. The molecule has 5 heteroatoms. The molecule has 0 saturated heterocycles. The van der Waals surface area contributed by atoms with Crippen molar-refractivity contribution in [2.45, 2.75) is 6.92 Å². The second-order valence-electron chi connectivity index (χ2n) is 4.90. The van der Waals surface area contributed by atoms with Crippen molar-refractivity contribution in [3.63, 3.8) is 0 Å². The van der Waals surface area contributed by atoms with Gasteiger partial charge in [0, 0.05) is 12.2 Å². The summed E-state index contributed by atoms with van der Waals surface area (Å²) in [5.74, 6) is 0.0985. The van der Waals surface area contributed by atoms with Gasteiger partial charge >= 0.3 is 0 Å². The molecule has 1 heterocycles. The molecular formula is C17H16N2O3. The van der Waals surface area contributed by atoms with Crippen LogP contribution in [0.25, 0.3) is 0 Å². The van der Waals surface area contributed by atoms with Crippen molar-refractivity contribution in [3.8, 4) is 5.75 Å². The first kappa shape index (κ1) is 14.1. The zero-order valence-electron chi connectivity index (χ0n) is 12.2. The lowest BCUT2D eigenvalue weighted by Gasteiger charge is -2.25. The molecule has 5 nitrogen and oxygen atoms in total. The molecule has 3 rings (SSSR count). The summed E-state index contributed by atoms with van der Waals surface area (Å²) >= 11 is 0. The van der Waals surface area contributed by atoms with Crippen LogP contribution >= 0.6 is 0 Å². The number of rotatable bonds is 3. The van der Waals surface area contributed by atoms with Gasteiger partial charge in [0.05, 0.1) is 11.3 Å². The first-order valence-electron chi connectivity index (χ1n) is 7.13. The summed E-state index contributed by atoms with van der Waals surface area (Å²) in [6, 6.07) is 14.6. The average Bonchev–Trinajstić information content (AvgIpc) is 2.56. The van der Waals surface area contributed by atoms with Gasteiger partial charge in [0.25, 0.3) is 11.8 Å². The number of para-hydroxylation sites is 2. The Morgan fingerprint density at radius 1 is 1.18 bits per heavy atom. The van der Waals surface area contributed by atoms with Crippen molar-refractivity contribution in [2.75, 3.05) is 23.4 Å². The van der Waals surface area contributed by atoms with Crippen LogP contribution in [-0.2, 0) is 4.79 Å². The molecule has 112 valence electrons. The quantitative estimate of drug-likeness (QED) is 0.947. The number of amides is 2. The average molecular weight is 296 g/mol. The van der Waals surface area contributed by atoms with Crippen LogP contribution in [0.15, 0.2) is 48.5 Å². The topological polar surface area (TPSA) is 58.6 Å². The zero-order chi connectivity index (χ0) is 15.5. The highest BCUT2D eigenvalue weighted by Crippen LogP contribution is 2.32. The molecule has 0 radical (unpaired) electrons. The van der Waals surface area contributed by atoms with E-state index < -0.39 is 0 Å². The van der Waals surface area contributed by atoms with E-state index >= 15 is 0 Å². The Morgan fingerprint density at radius 3 is 2.68 bits per heavy atom. The van der Waals surface area contributed by atoms with Gasteiger partial charge in [-0.05, 0) is 31.2 Å². The van der Waals surface area contributed by atoms with E-state index in [9.17, 15) is 9.59 Å². The number of hydrogen-bond donors (Lipinski definition) is 1. The van der Waals surface area contributed by atoms with Crippen molar-refractivity contribution in [3.05, 3.63) is 54.1 Å². The van der Waals surface area contributed by atoms with E-state index in [4.69, 9.17) is 4.74 Å². The Morgan fingerprint density at radius 2 is 1.95 bits per heavy atom. The maximum absolute atomic E-state index is 12.9. The monoisotopic (exact) mass is 296 g/mol. The summed E-state index contributed by atoms with van der Waals surface area (Å²) in [6.45, 7) is 2.41. The first-order chi connectivity index (χ1) is 10.7. The van der Waals surface area contributed by atoms with Crippen molar-refractivity contribution in [1.82, 2.24) is 0 Å². The fourth-order valence-corrected chi connectivity index (χ4v) is 2.47. The minimum atomic E-state index is -0.254. The number of hydrogen-bond acceptors (Lipinski definition) is 3. The number of ether oxygens (including phenoxy) is 1. The lowest BCUT2D eigenvalue weighted by atomic mass is 10.1. The number of carbonyl (C=O) groups is 2. The highest BCUT2D eigenvalue weighted by atomic mass is 16.5. The normalized spacial score (nSPS) is 12.9. The van der Waals surface area contributed by atoms with E-state index in [1.807, 2.05) is 37.3 Å². The van der Waals surface area contributed by atoms with Crippen molar-refractivity contribution >= 4 is 23.2 Å². The molecule has 0 atom stereocenters. The van der Waals surface area contributed by atoms with Crippen molar-refractivity contribution in [1.29, 1.82) is 0 Å². The summed E-state index contributed by atoms with van der Waals surface area (Å²) in [5, 5.41) is 2.73. The highest BCUT2D eigenvalue weighted by Gasteiger charge is 2.25. The maximum atomic E-state index is 12.9. The molecule has 0 saturated carbocycles. The van der Waals surface area contributed by atoms with Gasteiger partial charge in [-0.15, -0.1) is 0 Å². The largest absolute Gasteiger partial charge is 0.482 e. The van der Waals surface area contributed by atoms with E-state index in [0.717, 1.165) is 5.69 Å². The third kappa shape index (κ3) is 2.53. The van der Waals surface area contributed by atoms with E-state index in [0.29, 0.717) is 23.5 Å².